The van der Waals surface area contributed by atoms with Crippen LogP contribution in [0.3, 0.4) is 0 Å². The van der Waals surface area contributed by atoms with E-state index in [0.717, 1.165) is 23.6 Å². The van der Waals surface area contributed by atoms with Crippen molar-refractivity contribution in [3.05, 3.63) is 29.3 Å². The first-order valence-corrected chi connectivity index (χ1v) is 11.7. The molecule has 0 unspecified atom stereocenters. The van der Waals surface area contributed by atoms with E-state index in [0.29, 0.717) is 18.0 Å². The van der Waals surface area contributed by atoms with Crippen molar-refractivity contribution >= 4 is 21.9 Å². The van der Waals surface area contributed by atoms with Gasteiger partial charge in [-0.05, 0) is 56.2 Å². The molecule has 1 aromatic rings. The Balaban J connectivity index is 1.68. The number of nitrogens with zero attached hydrogens (tertiary/aromatic N) is 2. The molecule has 1 aromatic carbocycles. The third-order valence-electron chi connectivity index (χ3n) is 6.10. The van der Waals surface area contributed by atoms with Crippen LogP contribution >= 0.6 is 0 Å². The van der Waals surface area contributed by atoms with Gasteiger partial charge in [-0.15, -0.1) is 0 Å². The largest absolute Gasteiger partial charge is 0.452 e. The van der Waals surface area contributed by atoms with Crippen LogP contribution in [-0.4, -0.2) is 62.8 Å². The number of hydrogen-bond acceptors (Lipinski definition) is 5. The highest BCUT2D eigenvalue weighted by Gasteiger charge is 2.36. The second-order valence-corrected chi connectivity index (χ2v) is 10.3. The fraction of sp³-hybridized carbons (Fsp3) is 0.619. The summed E-state index contributed by atoms with van der Waals surface area (Å²) in [4.78, 5) is 27.2. The number of piperidine rings is 1. The van der Waals surface area contributed by atoms with Crippen molar-refractivity contribution in [1.82, 2.24) is 9.21 Å². The quantitative estimate of drug-likeness (QED) is 0.681. The van der Waals surface area contributed by atoms with Crippen LogP contribution in [0.5, 0.6) is 0 Å². The fourth-order valence-corrected chi connectivity index (χ4v) is 5.34. The molecule has 0 radical (unpaired) electrons. The van der Waals surface area contributed by atoms with Crippen molar-refractivity contribution in [3.63, 3.8) is 0 Å². The number of benzene rings is 1. The van der Waals surface area contributed by atoms with E-state index < -0.39 is 16.0 Å². The fourth-order valence-electron chi connectivity index (χ4n) is 4.41. The molecule has 1 heterocycles. The number of esters is 1. The average Bonchev–Trinajstić information content (AvgIpc) is 2.71. The number of ether oxygens (including phenoxy) is 1. The molecule has 1 saturated carbocycles. The molecule has 2 aliphatic rings. The summed E-state index contributed by atoms with van der Waals surface area (Å²) in [7, 11) is -0.794. The smallest absolute Gasteiger partial charge is 0.338 e. The zero-order valence-corrected chi connectivity index (χ0v) is 18.2. The van der Waals surface area contributed by atoms with Gasteiger partial charge in [0.2, 0.25) is 10.0 Å². The number of fused-ring (bicyclic) bond motifs is 1. The van der Waals surface area contributed by atoms with Crippen molar-refractivity contribution < 1.29 is 22.7 Å². The summed E-state index contributed by atoms with van der Waals surface area (Å²) in [5.74, 6) is -0.277. The molecule has 0 aromatic heterocycles. The minimum atomic E-state index is -3.66. The SMILES string of the molecule is Cc1ccc(S(=O)(=O)N(C)C)cc1C(=O)OCC(=O)N1CCC[C@@H]2CCCC[C@H]21. The highest BCUT2D eigenvalue weighted by atomic mass is 32.2. The number of likely N-dealkylation sites (tertiary alicyclic amines) is 1. The topological polar surface area (TPSA) is 84.0 Å². The lowest BCUT2D eigenvalue weighted by molar-refractivity contribution is -0.140. The number of rotatable bonds is 5. The Morgan fingerprint density at radius 1 is 1.14 bits per heavy atom. The van der Waals surface area contributed by atoms with Gasteiger partial charge in [0.15, 0.2) is 6.61 Å². The summed E-state index contributed by atoms with van der Waals surface area (Å²) in [5.41, 5.74) is 0.764. The Hall–Kier alpha value is -1.93. The molecule has 1 saturated heterocycles. The number of sulfonamides is 1. The van der Waals surface area contributed by atoms with Crippen LogP contribution in [0.1, 0.15) is 54.4 Å². The van der Waals surface area contributed by atoms with E-state index in [1.54, 1.807) is 13.0 Å². The number of carbonyl (C=O) groups is 2. The highest BCUT2D eigenvalue weighted by Crippen LogP contribution is 2.35. The normalized spacial score (nSPS) is 22.3. The van der Waals surface area contributed by atoms with Crippen LogP contribution in [0.25, 0.3) is 0 Å². The molecule has 1 amide bonds. The molecular weight excluding hydrogens is 392 g/mol. The van der Waals surface area contributed by atoms with Gasteiger partial charge in [0.25, 0.3) is 5.91 Å². The maximum atomic E-state index is 12.7. The molecule has 1 aliphatic carbocycles. The lowest BCUT2D eigenvalue weighted by Crippen LogP contribution is -2.50. The second-order valence-electron chi connectivity index (χ2n) is 8.18. The zero-order valence-electron chi connectivity index (χ0n) is 17.4. The first kappa shape index (κ1) is 21.8. The summed E-state index contributed by atoms with van der Waals surface area (Å²) in [5, 5.41) is 0. The number of carbonyl (C=O) groups excluding carboxylic acids is 2. The maximum Gasteiger partial charge on any atom is 0.338 e. The van der Waals surface area contributed by atoms with E-state index in [9.17, 15) is 18.0 Å². The van der Waals surface area contributed by atoms with Gasteiger partial charge in [0.05, 0.1) is 10.5 Å². The van der Waals surface area contributed by atoms with Gasteiger partial charge in [-0.3, -0.25) is 4.79 Å². The van der Waals surface area contributed by atoms with E-state index in [2.05, 4.69) is 0 Å². The molecule has 8 heteroatoms. The second kappa shape index (κ2) is 8.83. The van der Waals surface area contributed by atoms with Gasteiger partial charge >= 0.3 is 5.97 Å². The number of amides is 1. The van der Waals surface area contributed by atoms with Gasteiger partial charge in [-0.1, -0.05) is 18.9 Å². The van der Waals surface area contributed by atoms with Crippen molar-refractivity contribution in [2.24, 2.45) is 5.92 Å². The zero-order chi connectivity index (χ0) is 21.2. The van der Waals surface area contributed by atoms with Crippen LogP contribution in [0.4, 0.5) is 0 Å². The van der Waals surface area contributed by atoms with Gasteiger partial charge in [-0.25, -0.2) is 17.5 Å². The Bertz CT molecular complexity index is 879. The van der Waals surface area contributed by atoms with Gasteiger partial charge < -0.3 is 9.64 Å². The Kier molecular flexibility index (Phi) is 6.63. The number of aryl methyl sites for hydroxylation is 1. The molecular formula is C21H30N2O5S. The molecule has 0 bridgehead atoms. The van der Waals surface area contributed by atoms with Crippen LogP contribution in [-0.2, 0) is 19.6 Å². The third-order valence-corrected chi connectivity index (χ3v) is 7.91. The monoisotopic (exact) mass is 422 g/mol. The van der Waals surface area contributed by atoms with Crippen LogP contribution in [0.15, 0.2) is 23.1 Å². The maximum absolute atomic E-state index is 12.7. The Labute approximate surface area is 173 Å². The van der Waals surface area contributed by atoms with E-state index in [-0.39, 0.29) is 29.0 Å². The molecule has 3 rings (SSSR count). The van der Waals surface area contributed by atoms with Crippen LogP contribution in [0.2, 0.25) is 0 Å². The van der Waals surface area contributed by atoms with E-state index in [1.807, 2.05) is 4.90 Å². The predicted octanol–water partition coefficient (Wildman–Crippen LogP) is 2.58. The third kappa shape index (κ3) is 4.64. The summed E-state index contributed by atoms with van der Waals surface area (Å²) in [6.07, 6.45) is 6.71. The Morgan fingerprint density at radius 2 is 1.83 bits per heavy atom. The van der Waals surface area contributed by atoms with Gasteiger partial charge in [0.1, 0.15) is 0 Å². The molecule has 7 nitrogen and oxygen atoms in total. The highest BCUT2D eigenvalue weighted by molar-refractivity contribution is 7.89. The lowest BCUT2D eigenvalue weighted by Gasteiger charge is -2.44. The standard InChI is InChI=1S/C21H30N2O5S/c1-15-10-11-17(29(26,27)22(2)3)13-18(15)21(25)28-14-20(24)23-12-6-8-16-7-4-5-9-19(16)23/h10-11,13,16,19H,4-9,12,14H2,1-3H3/t16-,19+/m0/s1. The molecule has 0 N–H and O–H groups in total. The summed E-state index contributed by atoms with van der Waals surface area (Å²) in [6, 6.07) is 4.62. The van der Waals surface area contributed by atoms with Gasteiger partial charge in [-0.2, -0.15) is 0 Å². The van der Waals surface area contributed by atoms with Crippen molar-refractivity contribution in [1.29, 1.82) is 0 Å². The van der Waals surface area contributed by atoms with Crippen LogP contribution in [0, 0.1) is 12.8 Å². The van der Waals surface area contributed by atoms with Crippen molar-refractivity contribution in [3.8, 4) is 0 Å². The van der Waals surface area contributed by atoms with E-state index in [4.69, 9.17) is 4.74 Å². The first-order valence-electron chi connectivity index (χ1n) is 10.2. The van der Waals surface area contributed by atoms with Crippen LogP contribution < -0.4 is 0 Å². The van der Waals surface area contributed by atoms with Crippen molar-refractivity contribution in [2.45, 2.75) is 56.4 Å². The number of hydrogen-bond donors (Lipinski definition) is 0. The summed E-state index contributed by atoms with van der Waals surface area (Å²) < 4.78 is 31.1. The van der Waals surface area contributed by atoms with E-state index in [1.165, 1.54) is 45.5 Å². The minimum absolute atomic E-state index is 0.0208. The average molecular weight is 423 g/mol. The molecule has 29 heavy (non-hydrogen) atoms. The van der Waals surface area contributed by atoms with E-state index >= 15 is 0 Å². The molecule has 0 spiro atoms. The predicted molar refractivity (Wildman–Crippen MR) is 109 cm³/mol. The molecule has 2 fully saturated rings. The lowest BCUT2D eigenvalue weighted by atomic mass is 9.78. The Morgan fingerprint density at radius 3 is 2.55 bits per heavy atom. The minimum Gasteiger partial charge on any atom is -0.452 e. The molecule has 1 aliphatic heterocycles. The first-order chi connectivity index (χ1) is 13.7. The molecule has 160 valence electrons. The summed E-state index contributed by atoms with van der Waals surface area (Å²) in [6.45, 7) is 2.11. The summed E-state index contributed by atoms with van der Waals surface area (Å²) >= 11 is 0. The van der Waals surface area contributed by atoms with Crippen molar-refractivity contribution in [2.75, 3.05) is 27.2 Å². The van der Waals surface area contributed by atoms with Gasteiger partial charge in [0, 0.05) is 26.7 Å². The molecule has 2 atom stereocenters.